The van der Waals surface area contributed by atoms with Crippen molar-refractivity contribution in [3.8, 4) is 0 Å². The number of carbonyl (C=O) groups excluding carboxylic acids is 2. The average molecular weight is 430 g/mol. The van der Waals surface area contributed by atoms with Crippen molar-refractivity contribution in [3.63, 3.8) is 0 Å². The molecular weight excluding hydrogens is 405 g/mol. The van der Waals surface area contributed by atoms with E-state index < -0.39 is 11.7 Å². The van der Waals surface area contributed by atoms with Gasteiger partial charge in [-0.2, -0.15) is 13.2 Å². The third-order valence-electron chi connectivity index (χ3n) is 6.07. The molecule has 0 unspecified atom stereocenters. The summed E-state index contributed by atoms with van der Waals surface area (Å²) in [5.41, 5.74) is 0.732. The fraction of sp³-hybridized carbons (Fsp3) is 0.417. The number of carbonyl (C=O) groups is 2. The van der Waals surface area contributed by atoms with Gasteiger partial charge in [0.25, 0.3) is 0 Å². The molecule has 1 aliphatic carbocycles. The van der Waals surface area contributed by atoms with Crippen LogP contribution in [0.1, 0.15) is 48.4 Å². The number of halogens is 3. The van der Waals surface area contributed by atoms with E-state index in [4.69, 9.17) is 0 Å². The van der Waals surface area contributed by atoms with Gasteiger partial charge >= 0.3 is 6.18 Å². The summed E-state index contributed by atoms with van der Waals surface area (Å²) in [6.45, 7) is 0.362. The highest BCUT2D eigenvalue weighted by Crippen LogP contribution is 2.39. The van der Waals surface area contributed by atoms with Crippen LogP contribution in [-0.2, 0) is 22.3 Å². The predicted molar refractivity (Wildman–Crippen MR) is 110 cm³/mol. The minimum atomic E-state index is -4.42. The van der Waals surface area contributed by atoms with E-state index in [2.05, 4.69) is 5.32 Å². The molecule has 1 aliphatic heterocycles. The van der Waals surface area contributed by atoms with E-state index in [9.17, 15) is 22.8 Å². The second-order valence-electron chi connectivity index (χ2n) is 8.38. The number of rotatable bonds is 5. The van der Waals surface area contributed by atoms with Gasteiger partial charge in [0, 0.05) is 19.0 Å². The fourth-order valence-corrected chi connectivity index (χ4v) is 4.21. The molecule has 2 aliphatic rings. The fourth-order valence-electron chi connectivity index (χ4n) is 4.21. The molecule has 1 heterocycles. The monoisotopic (exact) mass is 430 g/mol. The maximum absolute atomic E-state index is 12.9. The number of alkyl halides is 3. The Labute approximate surface area is 179 Å². The zero-order valence-electron chi connectivity index (χ0n) is 17.1. The highest BCUT2D eigenvalue weighted by Gasteiger charge is 2.41. The highest BCUT2D eigenvalue weighted by atomic mass is 19.4. The maximum Gasteiger partial charge on any atom is 0.416 e. The van der Waals surface area contributed by atoms with E-state index in [1.165, 1.54) is 6.07 Å². The summed E-state index contributed by atoms with van der Waals surface area (Å²) in [6.07, 6.45) is -1.32. The van der Waals surface area contributed by atoms with Gasteiger partial charge < -0.3 is 10.2 Å². The zero-order chi connectivity index (χ0) is 22.0. The van der Waals surface area contributed by atoms with Crippen LogP contribution in [0.15, 0.2) is 54.6 Å². The van der Waals surface area contributed by atoms with Gasteiger partial charge in [-0.05, 0) is 48.9 Å². The molecule has 31 heavy (non-hydrogen) atoms. The van der Waals surface area contributed by atoms with Gasteiger partial charge in [-0.25, -0.2) is 0 Å². The lowest BCUT2D eigenvalue weighted by molar-refractivity contribution is -0.140. The van der Waals surface area contributed by atoms with Crippen LogP contribution >= 0.6 is 0 Å². The summed E-state index contributed by atoms with van der Waals surface area (Å²) in [6, 6.07) is 14.8. The van der Waals surface area contributed by atoms with Crippen LogP contribution in [0.25, 0.3) is 0 Å². The van der Waals surface area contributed by atoms with E-state index >= 15 is 0 Å². The lowest BCUT2D eigenvalue weighted by Crippen LogP contribution is -2.47. The van der Waals surface area contributed by atoms with Crippen LogP contribution in [0.4, 0.5) is 13.2 Å². The topological polar surface area (TPSA) is 49.4 Å². The van der Waals surface area contributed by atoms with Crippen molar-refractivity contribution in [3.05, 3.63) is 71.3 Å². The van der Waals surface area contributed by atoms with Crippen molar-refractivity contribution in [1.82, 2.24) is 10.2 Å². The molecule has 1 N–H and O–H groups in total. The summed E-state index contributed by atoms with van der Waals surface area (Å²) >= 11 is 0. The molecule has 2 amide bonds. The Bertz CT molecular complexity index is 941. The molecule has 7 heteroatoms. The third kappa shape index (κ3) is 5.09. The Kier molecular flexibility index (Phi) is 6.03. The van der Waals surface area contributed by atoms with Gasteiger partial charge in [-0.1, -0.05) is 42.5 Å². The first-order valence-corrected chi connectivity index (χ1v) is 10.6. The lowest BCUT2D eigenvalue weighted by atomic mass is 9.88. The first kappa shape index (κ1) is 21.4. The normalized spacial score (nSPS) is 21.6. The number of hydrogen-bond acceptors (Lipinski definition) is 2. The van der Waals surface area contributed by atoms with Crippen molar-refractivity contribution < 1.29 is 22.8 Å². The van der Waals surface area contributed by atoms with Crippen LogP contribution in [0.3, 0.4) is 0 Å². The van der Waals surface area contributed by atoms with Crippen molar-refractivity contribution in [2.45, 2.75) is 44.4 Å². The van der Waals surface area contributed by atoms with Crippen molar-refractivity contribution >= 4 is 11.8 Å². The van der Waals surface area contributed by atoms with E-state index in [0.29, 0.717) is 24.9 Å². The molecule has 4 nitrogen and oxygen atoms in total. The minimum absolute atomic E-state index is 0.0257. The zero-order valence-corrected chi connectivity index (χ0v) is 17.1. The Morgan fingerprint density at radius 3 is 2.32 bits per heavy atom. The molecule has 0 bridgehead atoms. The molecule has 1 saturated carbocycles. The largest absolute Gasteiger partial charge is 0.416 e. The van der Waals surface area contributed by atoms with Crippen LogP contribution < -0.4 is 5.32 Å². The summed E-state index contributed by atoms with van der Waals surface area (Å²) < 4.78 is 38.7. The van der Waals surface area contributed by atoms with Crippen molar-refractivity contribution in [1.29, 1.82) is 0 Å². The maximum atomic E-state index is 12.9. The van der Waals surface area contributed by atoms with Gasteiger partial charge in [-0.3, -0.25) is 9.59 Å². The van der Waals surface area contributed by atoms with Gasteiger partial charge in [0.2, 0.25) is 11.8 Å². The number of nitrogens with one attached hydrogen (secondary N) is 1. The molecule has 2 aromatic rings. The van der Waals surface area contributed by atoms with Gasteiger partial charge in [0.1, 0.15) is 0 Å². The number of likely N-dealkylation sites (tertiary alicyclic amines) is 1. The highest BCUT2D eigenvalue weighted by molar-refractivity contribution is 5.84. The van der Waals surface area contributed by atoms with E-state index in [0.717, 1.165) is 30.5 Å². The molecule has 1 saturated heterocycles. The van der Waals surface area contributed by atoms with Crippen molar-refractivity contribution in [2.75, 3.05) is 6.54 Å². The second-order valence-corrected chi connectivity index (χ2v) is 8.38. The number of benzene rings is 2. The molecule has 164 valence electrons. The number of hydrogen-bond donors (Lipinski definition) is 1. The van der Waals surface area contributed by atoms with Crippen LogP contribution in [0.2, 0.25) is 0 Å². The average Bonchev–Trinajstić information content (AvgIpc) is 3.62. The molecule has 4 rings (SSSR count). The Balaban J connectivity index is 1.42. The Morgan fingerprint density at radius 2 is 1.65 bits per heavy atom. The van der Waals surface area contributed by atoms with Crippen LogP contribution in [0, 0.1) is 11.8 Å². The number of amides is 2. The summed E-state index contributed by atoms with van der Waals surface area (Å²) in [5, 5.41) is 2.76. The first-order chi connectivity index (χ1) is 14.8. The van der Waals surface area contributed by atoms with Gasteiger partial charge in [0.15, 0.2) is 0 Å². The Hall–Kier alpha value is -2.83. The molecule has 0 aromatic heterocycles. The molecule has 2 fully saturated rings. The molecule has 0 radical (unpaired) electrons. The summed E-state index contributed by atoms with van der Waals surface area (Å²) in [4.78, 5) is 27.5. The van der Waals surface area contributed by atoms with Gasteiger partial charge in [0.05, 0.1) is 17.5 Å². The predicted octanol–water partition coefficient (Wildman–Crippen LogP) is 4.71. The smallest absolute Gasteiger partial charge is 0.352 e. The minimum Gasteiger partial charge on any atom is -0.352 e. The Morgan fingerprint density at radius 1 is 0.935 bits per heavy atom. The second kappa shape index (κ2) is 8.73. The lowest BCUT2D eigenvalue weighted by Gasteiger charge is -2.39. The summed E-state index contributed by atoms with van der Waals surface area (Å²) in [7, 11) is 0. The van der Waals surface area contributed by atoms with Crippen molar-refractivity contribution in [2.24, 2.45) is 11.8 Å². The van der Waals surface area contributed by atoms with E-state index in [-0.39, 0.29) is 36.2 Å². The molecule has 2 atom stereocenters. The standard InChI is InChI=1S/C24H25F3N2O2/c25-24(26,27)20-8-4-5-16(13-20)14-28-22(30)19-11-12-21(17-6-2-1-3-7-17)29(15-19)23(31)18-9-10-18/h1-8,13,18-19,21H,9-12,14-15H2,(H,28,30)/t19-,21+/m0/s1. The summed E-state index contributed by atoms with van der Waals surface area (Å²) in [5.74, 6) is -0.437. The number of nitrogens with zero attached hydrogens (tertiary/aromatic N) is 1. The molecule has 0 spiro atoms. The third-order valence-corrected chi connectivity index (χ3v) is 6.07. The quantitative estimate of drug-likeness (QED) is 0.747. The molecular formula is C24H25F3N2O2. The van der Waals surface area contributed by atoms with Crippen LogP contribution in [0.5, 0.6) is 0 Å². The van der Waals surface area contributed by atoms with E-state index in [1.807, 2.05) is 35.2 Å². The first-order valence-electron chi connectivity index (χ1n) is 10.6. The van der Waals surface area contributed by atoms with Gasteiger partial charge in [-0.15, -0.1) is 0 Å². The van der Waals surface area contributed by atoms with E-state index in [1.54, 1.807) is 6.07 Å². The molecule has 2 aromatic carbocycles. The van der Waals surface area contributed by atoms with Crippen LogP contribution in [-0.4, -0.2) is 23.3 Å². The SMILES string of the molecule is O=C(NCc1cccc(C(F)(F)F)c1)[C@H]1CC[C@H](c2ccccc2)N(C(=O)C2CC2)C1. The number of piperidine rings is 1.